The Morgan fingerprint density at radius 2 is 1.60 bits per heavy atom. The molecule has 0 unspecified atom stereocenters. The highest BCUT2D eigenvalue weighted by Crippen LogP contribution is 2.13. The van der Waals surface area contributed by atoms with Crippen LogP contribution in [0.3, 0.4) is 0 Å². The zero-order valence-corrected chi connectivity index (χ0v) is 11.0. The van der Waals surface area contributed by atoms with Crippen LogP contribution >= 0.6 is 0 Å². The van der Waals surface area contributed by atoms with E-state index in [0.29, 0.717) is 5.69 Å². The third-order valence-electron chi connectivity index (χ3n) is 2.62. The topological polar surface area (TPSA) is 61.4 Å². The van der Waals surface area contributed by atoms with Gasteiger partial charge in [-0.05, 0) is 48.5 Å². The molecule has 0 radical (unpaired) electrons. The van der Waals surface area contributed by atoms with Gasteiger partial charge in [-0.15, -0.1) is 0 Å². The van der Waals surface area contributed by atoms with Crippen LogP contribution in [0.1, 0.15) is 5.56 Å². The average molecular weight is 266 g/mol. The van der Waals surface area contributed by atoms with Gasteiger partial charge in [0, 0.05) is 29.9 Å². The van der Waals surface area contributed by atoms with Gasteiger partial charge in [-0.3, -0.25) is 4.79 Å². The second-order valence-electron chi connectivity index (χ2n) is 4.08. The lowest BCUT2D eigenvalue weighted by molar-refractivity contribution is -0.111. The molecule has 0 spiro atoms. The molecule has 0 bridgehead atoms. The number of carbonyl (C=O) groups is 1. The molecule has 0 saturated carbocycles. The molecule has 1 amide bonds. The summed E-state index contributed by atoms with van der Waals surface area (Å²) >= 11 is 0. The van der Waals surface area contributed by atoms with Crippen molar-refractivity contribution in [1.29, 1.82) is 0 Å². The number of phenolic OH excluding ortho intramolecular Hbond substituents is 1. The summed E-state index contributed by atoms with van der Waals surface area (Å²) in [6.07, 6.45) is 0. The molecule has 0 atom stereocenters. The van der Waals surface area contributed by atoms with Crippen LogP contribution in [0.15, 0.2) is 48.5 Å². The standard InChI is InChI=1S/C16H14N2O2/c1-17-13-5-2-12(3-6-13)4-11-16(20)18-14-7-9-15(19)10-8-14/h2-3,5-10,17,19H,1H3,(H,18,20). The van der Waals surface area contributed by atoms with Crippen molar-refractivity contribution in [3.05, 3.63) is 54.1 Å². The van der Waals surface area contributed by atoms with Crippen molar-refractivity contribution in [3.8, 4) is 17.6 Å². The Labute approximate surface area is 117 Å². The molecule has 2 rings (SSSR count). The smallest absolute Gasteiger partial charge is 0.300 e. The Kier molecular flexibility index (Phi) is 4.25. The van der Waals surface area contributed by atoms with Crippen LogP contribution in [0.5, 0.6) is 5.75 Å². The van der Waals surface area contributed by atoms with Gasteiger partial charge in [-0.2, -0.15) is 0 Å². The largest absolute Gasteiger partial charge is 0.508 e. The van der Waals surface area contributed by atoms with E-state index >= 15 is 0 Å². The van der Waals surface area contributed by atoms with Crippen molar-refractivity contribution in [2.45, 2.75) is 0 Å². The second kappa shape index (κ2) is 6.30. The normalized spacial score (nSPS) is 9.25. The highest BCUT2D eigenvalue weighted by Gasteiger charge is 1.97. The van der Waals surface area contributed by atoms with E-state index in [2.05, 4.69) is 22.5 Å². The van der Waals surface area contributed by atoms with E-state index in [1.807, 2.05) is 31.3 Å². The number of carbonyl (C=O) groups excluding carboxylic acids is 1. The van der Waals surface area contributed by atoms with Crippen LogP contribution in [-0.4, -0.2) is 18.1 Å². The van der Waals surface area contributed by atoms with E-state index in [1.54, 1.807) is 12.1 Å². The maximum absolute atomic E-state index is 11.6. The first-order valence-electron chi connectivity index (χ1n) is 6.07. The molecular weight excluding hydrogens is 252 g/mol. The molecule has 0 fully saturated rings. The summed E-state index contributed by atoms with van der Waals surface area (Å²) in [5.41, 5.74) is 2.35. The summed E-state index contributed by atoms with van der Waals surface area (Å²) < 4.78 is 0. The minimum atomic E-state index is -0.395. The van der Waals surface area contributed by atoms with Gasteiger partial charge in [0.25, 0.3) is 0 Å². The lowest BCUT2D eigenvalue weighted by atomic mass is 10.2. The first-order valence-corrected chi connectivity index (χ1v) is 6.07. The molecule has 0 aliphatic carbocycles. The fourth-order valence-electron chi connectivity index (χ4n) is 1.56. The van der Waals surface area contributed by atoms with Crippen LogP contribution < -0.4 is 10.6 Å². The minimum absolute atomic E-state index is 0.152. The van der Waals surface area contributed by atoms with Crippen molar-refractivity contribution >= 4 is 17.3 Å². The number of hydrogen-bond acceptors (Lipinski definition) is 3. The lowest BCUT2D eigenvalue weighted by Crippen LogP contribution is -2.08. The predicted octanol–water partition coefficient (Wildman–Crippen LogP) is 2.42. The molecule has 0 aliphatic heterocycles. The lowest BCUT2D eigenvalue weighted by Gasteiger charge is -2.00. The summed E-state index contributed by atoms with van der Waals surface area (Å²) in [6, 6.07) is 13.7. The van der Waals surface area contributed by atoms with Crippen LogP contribution in [0.2, 0.25) is 0 Å². The summed E-state index contributed by atoms with van der Waals surface area (Å²) in [7, 11) is 1.84. The van der Waals surface area contributed by atoms with Crippen molar-refractivity contribution < 1.29 is 9.90 Å². The zero-order chi connectivity index (χ0) is 14.4. The summed E-state index contributed by atoms with van der Waals surface area (Å²) in [4.78, 5) is 11.6. The van der Waals surface area contributed by atoms with Crippen LogP contribution in [0.4, 0.5) is 11.4 Å². The number of phenols is 1. The van der Waals surface area contributed by atoms with Crippen molar-refractivity contribution in [2.24, 2.45) is 0 Å². The fourth-order valence-corrected chi connectivity index (χ4v) is 1.56. The van der Waals surface area contributed by atoms with Gasteiger partial charge in [-0.1, -0.05) is 5.92 Å². The number of hydrogen-bond donors (Lipinski definition) is 3. The van der Waals surface area contributed by atoms with Crippen molar-refractivity contribution in [1.82, 2.24) is 0 Å². The molecule has 2 aromatic carbocycles. The Hall–Kier alpha value is -2.93. The Morgan fingerprint density at radius 1 is 1.00 bits per heavy atom. The SMILES string of the molecule is CNc1ccc(C#CC(=O)Nc2ccc(O)cc2)cc1. The van der Waals surface area contributed by atoms with Gasteiger partial charge in [-0.25, -0.2) is 0 Å². The van der Waals surface area contributed by atoms with E-state index in [0.717, 1.165) is 11.3 Å². The molecule has 100 valence electrons. The number of rotatable bonds is 2. The molecule has 0 saturated heterocycles. The maximum atomic E-state index is 11.6. The molecule has 3 N–H and O–H groups in total. The van der Waals surface area contributed by atoms with Gasteiger partial charge in [0.15, 0.2) is 0 Å². The summed E-state index contributed by atoms with van der Waals surface area (Å²) in [5, 5.41) is 14.8. The van der Waals surface area contributed by atoms with Crippen LogP contribution in [0, 0.1) is 11.8 Å². The fraction of sp³-hybridized carbons (Fsp3) is 0.0625. The van der Waals surface area contributed by atoms with Gasteiger partial charge in [0.2, 0.25) is 0 Å². The maximum Gasteiger partial charge on any atom is 0.300 e. The van der Waals surface area contributed by atoms with E-state index < -0.39 is 5.91 Å². The highest BCUT2D eigenvalue weighted by atomic mass is 16.3. The third kappa shape index (κ3) is 3.79. The van der Waals surface area contributed by atoms with E-state index in [4.69, 9.17) is 5.11 Å². The number of aromatic hydroxyl groups is 1. The van der Waals surface area contributed by atoms with E-state index in [9.17, 15) is 4.79 Å². The highest BCUT2D eigenvalue weighted by molar-refractivity contribution is 6.04. The summed E-state index contributed by atoms with van der Waals surface area (Å²) in [6.45, 7) is 0. The molecule has 0 aromatic heterocycles. The van der Waals surface area contributed by atoms with E-state index in [-0.39, 0.29) is 5.75 Å². The Morgan fingerprint density at radius 3 is 2.20 bits per heavy atom. The number of benzene rings is 2. The van der Waals surface area contributed by atoms with Crippen LogP contribution in [-0.2, 0) is 4.79 Å². The van der Waals surface area contributed by atoms with E-state index in [1.165, 1.54) is 12.1 Å². The Balaban J connectivity index is 2.00. The molecule has 2 aromatic rings. The Bertz CT molecular complexity index is 650. The van der Waals surface area contributed by atoms with Gasteiger partial charge in [0.05, 0.1) is 0 Å². The van der Waals surface area contributed by atoms with Crippen molar-refractivity contribution in [2.75, 3.05) is 17.7 Å². The number of amides is 1. The first-order chi connectivity index (χ1) is 9.67. The quantitative estimate of drug-likeness (QED) is 0.578. The third-order valence-corrected chi connectivity index (χ3v) is 2.62. The molecule has 0 aliphatic rings. The molecule has 4 nitrogen and oxygen atoms in total. The van der Waals surface area contributed by atoms with Crippen LogP contribution in [0.25, 0.3) is 0 Å². The number of nitrogens with one attached hydrogen (secondary N) is 2. The molecule has 20 heavy (non-hydrogen) atoms. The molecular formula is C16H14N2O2. The molecule has 0 heterocycles. The van der Waals surface area contributed by atoms with Gasteiger partial charge < -0.3 is 15.7 Å². The number of anilines is 2. The van der Waals surface area contributed by atoms with Crippen molar-refractivity contribution in [3.63, 3.8) is 0 Å². The van der Waals surface area contributed by atoms with Gasteiger partial charge in [0.1, 0.15) is 5.75 Å². The summed E-state index contributed by atoms with van der Waals surface area (Å²) in [5.74, 6) is 5.06. The monoisotopic (exact) mass is 266 g/mol. The first kappa shape index (κ1) is 13.5. The predicted molar refractivity (Wildman–Crippen MR) is 79.6 cm³/mol. The van der Waals surface area contributed by atoms with Gasteiger partial charge >= 0.3 is 5.91 Å². The zero-order valence-electron chi connectivity index (χ0n) is 11.0. The second-order valence-corrected chi connectivity index (χ2v) is 4.08. The molecule has 4 heteroatoms. The minimum Gasteiger partial charge on any atom is -0.508 e. The average Bonchev–Trinajstić information content (AvgIpc) is 2.48.